The topological polar surface area (TPSA) is 37.3 Å². The highest BCUT2D eigenvalue weighted by Gasteiger charge is 2.46. The van der Waals surface area contributed by atoms with Crippen molar-refractivity contribution < 1.29 is 9.90 Å². The van der Waals surface area contributed by atoms with Crippen molar-refractivity contribution in [1.29, 1.82) is 0 Å². The molecule has 0 saturated heterocycles. The molecule has 122 valence electrons. The van der Waals surface area contributed by atoms with Crippen molar-refractivity contribution in [2.45, 2.75) is 66.2 Å². The Morgan fingerprint density at radius 1 is 1.32 bits per heavy atom. The molecule has 2 rings (SSSR count). The van der Waals surface area contributed by atoms with Crippen LogP contribution in [0.15, 0.2) is 34.4 Å². The Kier molecular flexibility index (Phi) is 5.44. The smallest absolute Gasteiger partial charge is 0.159 e. The fourth-order valence-corrected chi connectivity index (χ4v) is 4.06. The molecule has 2 aliphatic carbocycles. The van der Waals surface area contributed by atoms with Gasteiger partial charge in [-0.2, -0.15) is 0 Å². The minimum absolute atomic E-state index is 0.00866. The third kappa shape index (κ3) is 3.60. The summed E-state index contributed by atoms with van der Waals surface area (Å²) in [6, 6.07) is 0. The first-order chi connectivity index (χ1) is 10.4. The average molecular weight is 302 g/mol. The van der Waals surface area contributed by atoms with E-state index in [2.05, 4.69) is 39.8 Å². The van der Waals surface area contributed by atoms with Gasteiger partial charge in [0.05, 0.1) is 6.61 Å². The third-order valence-electron chi connectivity index (χ3n) is 5.44. The number of carbonyl (C=O) groups is 1. The van der Waals surface area contributed by atoms with Gasteiger partial charge in [0.25, 0.3) is 0 Å². The van der Waals surface area contributed by atoms with Crippen molar-refractivity contribution in [3.05, 3.63) is 34.4 Å². The summed E-state index contributed by atoms with van der Waals surface area (Å²) < 4.78 is 0. The minimum atomic E-state index is 0.00866. The molecule has 0 aliphatic heterocycles. The van der Waals surface area contributed by atoms with Crippen LogP contribution in [0.2, 0.25) is 0 Å². The van der Waals surface area contributed by atoms with Gasteiger partial charge in [-0.15, -0.1) is 0 Å². The number of hydrogen-bond donors (Lipinski definition) is 1. The van der Waals surface area contributed by atoms with E-state index in [9.17, 15) is 9.90 Å². The Balaban J connectivity index is 2.40. The number of hydrogen-bond acceptors (Lipinski definition) is 2. The first kappa shape index (κ1) is 17.2. The largest absolute Gasteiger partial charge is 0.392 e. The van der Waals surface area contributed by atoms with Crippen LogP contribution in [-0.4, -0.2) is 17.5 Å². The molecule has 1 N–H and O–H groups in total. The van der Waals surface area contributed by atoms with E-state index >= 15 is 0 Å². The maximum absolute atomic E-state index is 12.5. The summed E-state index contributed by atoms with van der Waals surface area (Å²) in [6.07, 6.45) is 10.1. The molecule has 0 aromatic carbocycles. The summed E-state index contributed by atoms with van der Waals surface area (Å²) in [5.41, 5.74) is 4.79. The Labute approximate surface area is 135 Å². The van der Waals surface area contributed by atoms with Gasteiger partial charge in [0.2, 0.25) is 0 Å². The van der Waals surface area contributed by atoms with Crippen LogP contribution in [0, 0.1) is 11.3 Å². The molecule has 0 aromatic rings. The summed E-state index contributed by atoms with van der Waals surface area (Å²) in [5, 5.41) is 9.56. The normalized spacial score (nSPS) is 30.3. The molecule has 2 nitrogen and oxygen atoms in total. The first-order valence-corrected chi connectivity index (χ1v) is 8.52. The summed E-state index contributed by atoms with van der Waals surface area (Å²) >= 11 is 0. The highest BCUT2D eigenvalue weighted by Crippen LogP contribution is 2.51. The number of rotatable bonds is 1. The Bertz CT molecular complexity index is 532. The molecule has 0 amide bonds. The van der Waals surface area contributed by atoms with Gasteiger partial charge in [-0.25, -0.2) is 0 Å². The number of ketones is 1. The number of aliphatic hydroxyl groups is 1. The zero-order chi connectivity index (χ0) is 16.3. The predicted octanol–water partition coefficient (Wildman–Crippen LogP) is 4.75. The minimum Gasteiger partial charge on any atom is -0.392 e. The number of allylic oxidation sites excluding steroid dienone is 5. The molecule has 2 aliphatic rings. The van der Waals surface area contributed by atoms with Gasteiger partial charge in [-0.05, 0) is 75.4 Å². The van der Waals surface area contributed by atoms with Crippen molar-refractivity contribution in [3.8, 4) is 0 Å². The van der Waals surface area contributed by atoms with Gasteiger partial charge >= 0.3 is 0 Å². The summed E-state index contributed by atoms with van der Waals surface area (Å²) in [5.74, 6) is 0.688. The molecule has 2 heteroatoms. The van der Waals surface area contributed by atoms with Gasteiger partial charge in [-0.1, -0.05) is 30.2 Å². The highest BCUT2D eigenvalue weighted by molar-refractivity contribution is 5.99. The van der Waals surface area contributed by atoms with E-state index in [1.807, 2.05) is 0 Å². The van der Waals surface area contributed by atoms with Crippen molar-refractivity contribution in [2.75, 3.05) is 6.61 Å². The Hall–Kier alpha value is -1.15. The molecule has 2 atom stereocenters. The average Bonchev–Trinajstić information content (AvgIpc) is 2.69. The zero-order valence-electron chi connectivity index (χ0n) is 14.5. The molecule has 0 bridgehead atoms. The van der Waals surface area contributed by atoms with Crippen LogP contribution in [0.1, 0.15) is 66.2 Å². The van der Waals surface area contributed by atoms with E-state index in [0.29, 0.717) is 18.1 Å². The lowest BCUT2D eigenvalue weighted by atomic mass is 9.72. The molecule has 0 radical (unpaired) electrons. The van der Waals surface area contributed by atoms with Crippen molar-refractivity contribution in [2.24, 2.45) is 11.3 Å². The van der Waals surface area contributed by atoms with Crippen molar-refractivity contribution in [1.82, 2.24) is 0 Å². The summed E-state index contributed by atoms with van der Waals surface area (Å²) in [7, 11) is 0. The molecule has 1 saturated carbocycles. The van der Waals surface area contributed by atoms with Crippen LogP contribution < -0.4 is 0 Å². The zero-order valence-corrected chi connectivity index (χ0v) is 14.5. The van der Waals surface area contributed by atoms with Crippen molar-refractivity contribution in [3.63, 3.8) is 0 Å². The van der Waals surface area contributed by atoms with E-state index in [4.69, 9.17) is 0 Å². The summed E-state index contributed by atoms with van der Waals surface area (Å²) in [4.78, 5) is 12.5. The van der Waals surface area contributed by atoms with E-state index in [-0.39, 0.29) is 12.0 Å². The maximum atomic E-state index is 12.5. The Morgan fingerprint density at radius 3 is 2.68 bits per heavy atom. The standard InChI is InChI=1S/C20H30O2/c1-14(2)19-17-9-8-15(3)6-5-7-16(13-21)10-11-20(17,4)12-18(19)22/h6,10,17,21H,5,7-9,11-13H2,1-4H3/t17-,20-/m1/s1. The number of Topliss-reactive ketones (excluding diaryl/α,β-unsaturated/α-hetero) is 1. The SMILES string of the molecule is CC1=CCCC(CO)=CC[C@]2(C)CC(=O)C(=C(C)C)[C@H]2CC1. The highest BCUT2D eigenvalue weighted by atomic mass is 16.3. The number of carbonyl (C=O) groups excluding carboxylic acids is 1. The van der Waals surface area contributed by atoms with Crippen LogP contribution in [-0.2, 0) is 4.79 Å². The van der Waals surface area contributed by atoms with Crippen LogP contribution in [0.5, 0.6) is 0 Å². The molecule has 0 unspecified atom stereocenters. The molecular formula is C20H30O2. The lowest BCUT2D eigenvalue weighted by molar-refractivity contribution is -0.115. The van der Waals surface area contributed by atoms with Gasteiger partial charge in [0, 0.05) is 6.42 Å². The number of aliphatic hydroxyl groups excluding tert-OH is 1. The molecule has 22 heavy (non-hydrogen) atoms. The quantitative estimate of drug-likeness (QED) is 0.561. The van der Waals surface area contributed by atoms with Crippen LogP contribution in [0.3, 0.4) is 0 Å². The van der Waals surface area contributed by atoms with Gasteiger partial charge in [0.1, 0.15) is 0 Å². The van der Waals surface area contributed by atoms with Gasteiger partial charge in [0.15, 0.2) is 5.78 Å². The van der Waals surface area contributed by atoms with E-state index in [0.717, 1.165) is 43.3 Å². The second kappa shape index (κ2) is 6.95. The van der Waals surface area contributed by atoms with Crippen LogP contribution >= 0.6 is 0 Å². The second-order valence-corrected chi connectivity index (χ2v) is 7.57. The fourth-order valence-electron chi connectivity index (χ4n) is 4.06. The lowest BCUT2D eigenvalue weighted by Crippen LogP contribution is -2.22. The molecule has 0 heterocycles. The second-order valence-electron chi connectivity index (χ2n) is 7.57. The fraction of sp³-hybridized carbons (Fsp3) is 0.650. The van der Waals surface area contributed by atoms with E-state index in [1.165, 1.54) is 11.1 Å². The first-order valence-electron chi connectivity index (χ1n) is 8.52. The molecule has 0 aromatic heterocycles. The summed E-state index contributed by atoms with van der Waals surface area (Å²) in [6.45, 7) is 8.73. The van der Waals surface area contributed by atoms with E-state index < -0.39 is 0 Å². The molecule has 1 fully saturated rings. The van der Waals surface area contributed by atoms with Crippen LogP contribution in [0.25, 0.3) is 0 Å². The maximum Gasteiger partial charge on any atom is 0.159 e. The van der Waals surface area contributed by atoms with Crippen molar-refractivity contribution >= 4 is 5.78 Å². The lowest BCUT2D eigenvalue weighted by Gasteiger charge is -2.31. The number of fused-ring (bicyclic) bond motifs is 1. The predicted molar refractivity (Wildman–Crippen MR) is 91.6 cm³/mol. The third-order valence-corrected chi connectivity index (χ3v) is 5.44. The van der Waals surface area contributed by atoms with Crippen LogP contribution in [0.4, 0.5) is 0 Å². The van der Waals surface area contributed by atoms with E-state index in [1.54, 1.807) is 0 Å². The molecule has 0 spiro atoms. The van der Waals surface area contributed by atoms with Gasteiger partial charge in [-0.3, -0.25) is 4.79 Å². The monoisotopic (exact) mass is 302 g/mol. The Morgan fingerprint density at radius 2 is 2.05 bits per heavy atom. The van der Waals surface area contributed by atoms with Gasteiger partial charge < -0.3 is 5.11 Å². The molecular weight excluding hydrogens is 272 g/mol.